The van der Waals surface area contributed by atoms with Crippen molar-refractivity contribution >= 4 is 17.6 Å². The third-order valence-corrected chi connectivity index (χ3v) is 3.33. The number of carbonyl (C=O) groups excluding carboxylic acids is 1. The van der Waals surface area contributed by atoms with E-state index in [1.54, 1.807) is 4.90 Å². The monoisotopic (exact) mass is 298 g/mol. The minimum Gasteiger partial charge on any atom is -0.396 e. The number of hydrogen-bond acceptors (Lipinski definition) is 2. The first-order chi connectivity index (χ1) is 9.56. The standard InChI is InChI=1S/C15H23ClN2O2/c1-3-18(11-13-7-4-8-14(16)10-13)15(20)17-12(2)6-5-9-19/h4,7-8,10,12,19H,3,5-6,9,11H2,1-2H3,(H,17,20). The molecular weight excluding hydrogens is 276 g/mol. The molecule has 2 N–H and O–H groups in total. The molecule has 0 aliphatic carbocycles. The van der Waals surface area contributed by atoms with Crippen molar-refractivity contribution in [1.29, 1.82) is 0 Å². The predicted octanol–water partition coefficient (Wildman–Crippen LogP) is 3.03. The van der Waals surface area contributed by atoms with Crippen LogP contribution in [0, 0.1) is 0 Å². The predicted molar refractivity (Wildman–Crippen MR) is 81.8 cm³/mol. The topological polar surface area (TPSA) is 52.6 Å². The zero-order valence-electron chi connectivity index (χ0n) is 12.1. The maximum atomic E-state index is 12.2. The number of benzene rings is 1. The summed E-state index contributed by atoms with van der Waals surface area (Å²) in [6.07, 6.45) is 1.47. The lowest BCUT2D eigenvalue weighted by atomic mass is 10.2. The summed E-state index contributed by atoms with van der Waals surface area (Å²) in [5.74, 6) is 0. The van der Waals surface area contributed by atoms with E-state index in [2.05, 4.69) is 5.32 Å². The molecule has 2 amide bonds. The molecule has 1 rings (SSSR count). The first-order valence-electron chi connectivity index (χ1n) is 6.97. The van der Waals surface area contributed by atoms with Crippen molar-refractivity contribution in [3.8, 4) is 0 Å². The number of carbonyl (C=O) groups is 1. The molecule has 1 aromatic rings. The number of halogens is 1. The van der Waals surface area contributed by atoms with Crippen LogP contribution in [-0.4, -0.2) is 35.2 Å². The molecule has 5 heteroatoms. The van der Waals surface area contributed by atoms with Crippen molar-refractivity contribution in [2.24, 2.45) is 0 Å². The summed E-state index contributed by atoms with van der Waals surface area (Å²) in [5.41, 5.74) is 1.01. The van der Waals surface area contributed by atoms with E-state index in [0.29, 0.717) is 24.5 Å². The summed E-state index contributed by atoms with van der Waals surface area (Å²) in [7, 11) is 0. The van der Waals surface area contributed by atoms with Gasteiger partial charge in [0.15, 0.2) is 0 Å². The highest BCUT2D eigenvalue weighted by atomic mass is 35.5. The van der Waals surface area contributed by atoms with Gasteiger partial charge in [0.1, 0.15) is 0 Å². The van der Waals surface area contributed by atoms with E-state index in [0.717, 1.165) is 12.0 Å². The average molecular weight is 299 g/mol. The molecule has 20 heavy (non-hydrogen) atoms. The van der Waals surface area contributed by atoms with E-state index in [9.17, 15) is 4.79 Å². The largest absolute Gasteiger partial charge is 0.396 e. The van der Waals surface area contributed by atoms with E-state index < -0.39 is 0 Å². The Kier molecular flexibility index (Phi) is 7.41. The van der Waals surface area contributed by atoms with Crippen LogP contribution in [0.25, 0.3) is 0 Å². The Morgan fingerprint density at radius 3 is 2.85 bits per heavy atom. The molecule has 0 aromatic heterocycles. The van der Waals surface area contributed by atoms with Crippen LogP contribution in [-0.2, 0) is 6.54 Å². The van der Waals surface area contributed by atoms with E-state index in [1.807, 2.05) is 38.1 Å². The van der Waals surface area contributed by atoms with Gasteiger partial charge in [0.2, 0.25) is 0 Å². The smallest absolute Gasteiger partial charge is 0.317 e. The van der Waals surface area contributed by atoms with Crippen molar-refractivity contribution < 1.29 is 9.90 Å². The zero-order valence-corrected chi connectivity index (χ0v) is 12.9. The SMILES string of the molecule is CCN(Cc1cccc(Cl)c1)C(=O)NC(C)CCCO. The third-order valence-electron chi connectivity index (χ3n) is 3.10. The van der Waals surface area contributed by atoms with Gasteiger partial charge < -0.3 is 15.3 Å². The number of rotatable bonds is 7. The van der Waals surface area contributed by atoms with Gasteiger partial charge in [0.25, 0.3) is 0 Å². The van der Waals surface area contributed by atoms with E-state index in [-0.39, 0.29) is 18.7 Å². The maximum absolute atomic E-state index is 12.2. The molecule has 0 spiro atoms. The third kappa shape index (κ3) is 5.80. The maximum Gasteiger partial charge on any atom is 0.317 e. The minimum atomic E-state index is -0.0853. The average Bonchev–Trinajstić information content (AvgIpc) is 2.42. The van der Waals surface area contributed by atoms with Crippen LogP contribution >= 0.6 is 11.6 Å². The van der Waals surface area contributed by atoms with Crippen LogP contribution in [0.2, 0.25) is 5.02 Å². The number of nitrogens with zero attached hydrogens (tertiary/aromatic N) is 1. The first-order valence-corrected chi connectivity index (χ1v) is 7.35. The van der Waals surface area contributed by atoms with E-state index in [4.69, 9.17) is 16.7 Å². The Morgan fingerprint density at radius 1 is 1.50 bits per heavy atom. The fraction of sp³-hybridized carbons (Fsp3) is 0.533. The fourth-order valence-corrected chi connectivity index (χ4v) is 2.17. The van der Waals surface area contributed by atoms with Crippen molar-refractivity contribution in [2.45, 2.75) is 39.3 Å². The number of aliphatic hydroxyl groups is 1. The van der Waals surface area contributed by atoms with Gasteiger partial charge in [-0.1, -0.05) is 23.7 Å². The van der Waals surface area contributed by atoms with Crippen molar-refractivity contribution in [3.05, 3.63) is 34.9 Å². The second-order valence-electron chi connectivity index (χ2n) is 4.86. The highest BCUT2D eigenvalue weighted by molar-refractivity contribution is 6.30. The molecule has 0 aliphatic heterocycles. The lowest BCUT2D eigenvalue weighted by Crippen LogP contribution is -2.43. The number of urea groups is 1. The first kappa shape index (κ1) is 16.8. The van der Waals surface area contributed by atoms with Gasteiger partial charge in [-0.05, 0) is 44.4 Å². The molecule has 0 heterocycles. The number of nitrogens with one attached hydrogen (secondary N) is 1. The normalized spacial score (nSPS) is 12.0. The van der Waals surface area contributed by atoms with Gasteiger partial charge in [0, 0.05) is 30.8 Å². The minimum absolute atomic E-state index is 0.0584. The van der Waals surface area contributed by atoms with Crippen LogP contribution < -0.4 is 5.32 Å². The highest BCUT2D eigenvalue weighted by Crippen LogP contribution is 2.13. The number of aliphatic hydroxyl groups excluding tert-OH is 1. The molecular formula is C15H23ClN2O2. The molecule has 0 aliphatic rings. The van der Waals surface area contributed by atoms with Crippen molar-refractivity contribution in [3.63, 3.8) is 0 Å². The van der Waals surface area contributed by atoms with Gasteiger partial charge in [-0.15, -0.1) is 0 Å². The summed E-state index contributed by atoms with van der Waals surface area (Å²) in [6.45, 7) is 5.21. The Balaban J connectivity index is 2.54. The summed E-state index contributed by atoms with van der Waals surface area (Å²) < 4.78 is 0. The summed E-state index contributed by atoms with van der Waals surface area (Å²) >= 11 is 5.95. The Labute approximate surface area is 125 Å². The molecule has 0 bridgehead atoms. The quantitative estimate of drug-likeness (QED) is 0.813. The second-order valence-corrected chi connectivity index (χ2v) is 5.30. The molecule has 1 aromatic carbocycles. The van der Waals surface area contributed by atoms with E-state index in [1.165, 1.54) is 0 Å². The second kappa shape index (κ2) is 8.82. The van der Waals surface area contributed by atoms with E-state index >= 15 is 0 Å². The zero-order chi connectivity index (χ0) is 15.0. The van der Waals surface area contributed by atoms with Gasteiger partial charge in [-0.25, -0.2) is 4.79 Å². The molecule has 112 valence electrons. The molecule has 1 atom stereocenters. The molecule has 0 saturated carbocycles. The van der Waals surface area contributed by atoms with Crippen molar-refractivity contribution in [1.82, 2.24) is 10.2 Å². The molecule has 4 nitrogen and oxygen atoms in total. The van der Waals surface area contributed by atoms with Crippen LogP contribution in [0.4, 0.5) is 4.79 Å². The number of amides is 2. The highest BCUT2D eigenvalue weighted by Gasteiger charge is 2.14. The fourth-order valence-electron chi connectivity index (χ4n) is 1.95. The van der Waals surface area contributed by atoms with Gasteiger partial charge in [-0.3, -0.25) is 0 Å². The van der Waals surface area contributed by atoms with Gasteiger partial charge in [-0.2, -0.15) is 0 Å². The molecule has 1 unspecified atom stereocenters. The molecule has 0 radical (unpaired) electrons. The number of hydrogen-bond donors (Lipinski definition) is 2. The van der Waals surface area contributed by atoms with Crippen LogP contribution in [0.3, 0.4) is 0 Å². The van der Waals surface area contributed by atoms with Crippen LogP contribution in [0.15, 0.2) is 24.3 Å². The lowest BCUT2D eigenvalue weighted by Gasteiger charge is -2.24. The Morgan fingerprint density at radius 2 is 2.25 bits per heavy atom. The molecule has 0 fully saturated rings. The summed E-state index contributed by atoms with van der Waals surface area (Å²) in [5, 5.41) is 12.4. The van der Waals surface area contributed by atoms with Crippen molar-refractivity contribution in [2.75, 3.05) is 13.2 Å². The summed E-state index contributed by atoms with van der Waals surface area (Å²) in [4.78, 5) is 13.9. The van der Waals surface area contributed by atoms with Gasteiger partial charge >= 0.3 is 6.03 Å². The summed E-state index contributed by atoms with van der Waals surface area (Å²) in [6, 6.07) is 7.50. The Hall–Kier alpha value is -1.26. The Bertz CT molecular complexity index is 426. The van der Waals surface area contributed by atoms with Crippen LogP contribution in [0.1, 0.15) is 32.3 Å². The lowest BCUT2D eigenvalue weighted by molar-refractivity contribution is 0.192. The van der Waals surface area contributed by atoms with Gasteiger partial charge in [0.05, 0.1) is 0 Å². The molecule has 0 saturated heterocycles. The van der Waals surface area contributed by atoms with Crippen LogP contribution in [0.5, 0.6) is 0 Å².